The highest BCUT2D eigenvalue weighted by Gasteiger charge is 2.21. The molecule has 0 aliphatic heterocycles. The number of rotatable bonds is 6. The van der Waals surface area contributed by atoms with Crippen molar-refractivity contribution >= 4 is 28.2 Å². The predicted octanol–water partition coefficient (Wildman–Crippen LogP) is 1.86. The van der Waals surface area contributed by atoms with Gasteiger partial charge in [-0.15, -0.1) is 11.3 Å². The molecule has 1 amide bonds. The van der Waals surface area contributed by atoms with Gasteiger partial charge in [0, 0.05) is 17.3 Å². The van der Waals surface area contributed by atoms with Gasteiger partial charge in [-0.25, -0.2) is 9.78 Å². The van der Waals surface area contributed by atoms with Crippen LogP contribution >= 0.6 is 11.3 Å². The summed E-state index contributed by atoms with van der Waals surface area (Å²) in [5, 5.41) is 13.6. The average Bonchev–Trinajstić information content (AvgIpc) is 2.88. The standard InChI is InChI=1S/C14H19N3O3S/c1-8(2)4-11(13(19)20)16-12(18)5-10-7-21-14-15-9(3)6-17(10)14/h6-8,11H,4-5H2,1-3H3,(H,16,18)(H,19,20). The summed E-state index contributed by atoms with van der Waals surface area (Å²) in [7, 11) is 0. The van der Waals surface area contributed by atoms with E-state index in [-0.39, 0.29) is 18.2 Å². The number of carbonyl (C=O) groups is 2. The Bertz CT molecular complexity index is 660. The molecule has 21 heavy (non-hydrogen) atoms. The van der Waals surface area contributed by atoms with Crippen LogP contribution in [-0.4, -0.2) is 32.4 Å². The monoisotopic (exact) mass is 309 g/mol. The minimum Gasteiger partial charge on any atom is -0.480 e. The van der Waals surface area contributed by atoms with Crippen LogP contribution in [0.25, 0.3) is 4.96 Å². The molecule has 2 N–H and O–H groups in total. The lowest BCUT2D eigenvalue weighted by molar-refractivity contribution is -0.142. The summed E-state index contributed by atoms with van der Waals surface area (Å²) in [6, 6.07) is -0.837. The summed E-state index contributed by atoms with van der Waals surface area (Å²) < 4.78 is 1.87. The van der Waals surface area contributed by atoms with E-state index in [1.54, 1.807) is 0 Å². The number of nitrogens with one attached hydrogen (secondary N) is 1. The average molecular weight is 309 g/mol. The fourth-order valence-corrected chi connectivity index (χ4v) is 3.09. The number of carbonyl (C=O) groups excluding carboxylic acids is 1. The molecule has 2 aromatic heterocycles. The molecule has 0 saturated carbocycles. The van der Waals surface area contributed by atoms with Crippen LogP contribution in [0.3, 0.4) is 0 Å². The molecule has 0 aliphatic rings. The van der Waals surface area contributed by atoms with E-state index >= 15 is 0 Å². The van der Waals surface area contributed by atoms with Crippen molar-refractivity contribution in [3.05, 3.63) is 23.0 Å². The lowest BCUT2D eigenvalue weighted by atomic mass is 10.0. The van der Waals surface area contributed by atoms with Crippen molar-refractivity contribution in [2.75, 3.05) is 0 Å². The van der Waals surface area contributed by atoms with Gasteiger partial charge in [-0.2, -0.15) is 0 Å². The molecule has 2 heterocycles. The molecule has 2 rings (SSSR count). The topological polar surface area (TPSA) is 83.7 Å². The molecule has 0 saturated heterocycles. The second kappa shape index (κ2) is 6.26. The molecule has 7 heteroatoms. The number of imidazole rings is 1. The Morgan fingerprint density at radius 1 is 1.48 bits per heavy atom. The van der Waals surface area contributed by atoms with Crippen LogP contribution in [0.5, 0.6) is 0 Å². The highest BCUT2D eigenvalue weighted by atomic mass is 32.1. The molecule has 1 unspecified atom stereocenters. The van der Waals surface area contributed by atoms with Crippen molar-refractivity contribution < 1.29 is 14.7 Å². The van der Waals surface area contributed by atoms with Crippen LogP contribution in [0.4, 0.5) is 0 Å². The normalized spacial score (nSPS) is 12.8. The van der Waals surface area contributed by atoms with E-state index in [4.69, 9.17) is 5.11 Å². The number of aliphatic carboxylic acids is 1. The number of nitrogens with zero attached hydrogens (tertiary/aromatic N) is 2. The van der Waals surface area contributed by atoms with E-state index in [9.17, 15) is 9.59 Å². The van der Waals surface area contributed by atoms with Gasteiger partial charge in [-0.3, -0.25) is 9.20 Å². The summed E-state index contributed by atoms with van der Waals surface area (Å²) in [6.07, 6.45) is 2.44. The fraction of sp³-hybridized carbons (Fsp3) is 0.500. The van der Waals surface area contributed by atoms with Gasteiger partial charge < -0.3 is 10.4 Å². The zero-order valence-electron chi connectivity index (χ0n) is 12.3. The van der Waals surface area contributed by atoms with Gasteiger partial charge in [0.1, 0.15) is 6.04 Å². The molecule has 2 aromatic rings. The van der Waals surface area contributed by atoms with E-state index in [1.807, 2.05) is 36.7 Å². The summed E-state index contributed by atoms with van der Waals surface area (Å²) in [5.41, 5.74) is 1.72. The number of hydrogen-bond acceptors (Lipinski definition) is 4. The zero-order valence-corrected chi connectivity index (χ0v) is 13.1. The van der Waals surface area contributed by atoms with Crippen LogP contribution in [0.2, 0.25) is 0 Å². The van der Waals surface area contributed by atoms with Crippen LogP contribution in [-0.2, 0) is 16.0 Å². The first-order chi connectivity index (χ1) is 9.86. The van der Waals surface area contributed by atoms with E-state index in [1.165, 1.54) is 11.3 Å². The third kappa shape index (κ3) is 3.81. The van der Waals surface area contributed by atoms with Gasteiger partial charge in [-0.05, 0) is 19.3 Å². The van der Waals surface area contributed by atoms with E-state index < -0.39 is 12.0 Å². The maximum absolute atomic E-state index is 12.1. The number of amides is 1. The SMILES string of the molecule is Cc1cn2c(CC(=O)NC(CC(C)C)C(=O)O)csc2n1. The molecule has 0 bridgehead atoms. The molecule has 0 aliphatic carbocycles. The van der Waals surface area contributed by atoms with Gasteiger partial charge in [0.25, 0.3) is 0 Å². The largest absolute Gasteiger partial charge is 0.480 e. The lowest BCUT2D eigenvalue weighted by Crippen LogP contribution is -2.42. The molecular formula is C14H19N3O3S. The van der Waals surface area contributed by atoms with Crippen molar-refractivity contribution in [1.29, 1.82) is 0 Å². The van der Waals surface area contributed by atoms with Crippen molar-refractivity contribution in [2.24, 2.45) is 5.92 Å². The molecule has 0 aromatic carbocycles. The molecule has 1 atom stereocenters. The number of aryl methyl sites for hydroxylation is 1. The first-order valence-electron chi connectivity index (χ1n) is 6.81. The third-order valence-corrected chi connectivity index (χ3v) is 3.97. The Morgan fingerprint density at radius 3 is 2.81 bits per heavy atom. The second-order valence-electron chi connectivity index (χ2n) is 5.53. The molecule has 114 valence electrons. The Balaban J connectivity index is 2.05. The maximum atomic E-state index is 12.1. The Hall–Kier alpha value is -1.89. The minimum absolute atomic E-state index is 0.150. The summed E-state index contributed by atoms with van der Waals surface area (Å²) in [4.78, 5) is 28.4. The summed E-state index contributed by atoms with van der Waals surface area (Å²) >= 11 is 1.47. The predicted molar refractivity (Wildman–Crippen MR) is 80.5 cm³/mol. The molecule has 0 spiro atoms. The molecule has 0 radical (unpaired) electrons. The Labute approximate surface area is 126 Å². The minimum atomic E-state index is -0.994. The van der Waals surface area contributed by atoms with E-state index in [0.717, 1.165) is 16.3 Å². The lowest BCUT2D eigenvalue weighted by Gasteiger charge is -2.16. The van der Waals surface area contributed by atoms with Gasteiger partial charge in [0.2, 0.25) is 5.91 Å². The Morgan fingerprint density at radius 2 is 2.19 bits per heavy atom. The molecule has 6 nitrogen and oxygen atoms in total. The van der Waals surface area contributed by atoms with Crippen LogP contribution in [0, 0.1) is 12.8 Å². The number of fused-ring (bicyclic) bond motifs is 1. The highest BCUT2D eigenvalue weighted by molar-refractivity contribution is 7.15. The van der Waals surface area contributed by atoms with Crippen LogP contribution < -0.4 is 5.32 Å². The van der Waals surface area contributed by atoms with Crippen molar-refractivity contribution in [3.8, 4) is 0 Å². The molecular weight excluding hydrogens is 290 g/mol. The van der Waals surface area contributed by atoms with Crippen molar-refractivity contribution in [3.63, 3.8) is 0 Å². The van der Waals surface area contributed by atoms with Crippen LogP contribution in [0.15, 0.2) is 11.6 Å². The van der Waals surface area contributed by atoms with Gasteiger partial charge in [-0.1, -0.05) is 13.8 Å². The number of thiazole rings is 1. The number of carboxylic acids is 1. The first-order valence-corrected chi connectivity index (χ1v) is 7.69. The molecule has 0 fully saturated rings. The Kier molecular flexibility index (Phi) is 4.62. The van der Waals surface area contributed by atoms with Gasteiger partial charge in [0.15, 0.2) is 4.96 Å². The van der Waals surface area contributed by atoms with Crippen molar-refractivity contribution in [1.82, 2.24) is 14.7 Å². The first kappa shape index (κ1) is 15.5. The third-order valence-electron chi connectivity index (χ3n) is 3.09. The van der Waals surface area contributed by atoms with Gasteiger partial charge in [0.05, 0.1) is 12.1 Å². The quantitative estimate of drug-likeness (QED) is 0.853. The zero-order chi connectivity index (χ0) is 15.6. The number of carboxylic acid groups (broad SMARTS) is 1. The van der Waals surface area contributed by atoms with Crippen LogP contribution in [0.1, 0.15) is 31.7 Å². The van der Waals surface area contributed by atoms with E-state index in [2.05, 4.69) is 10.3 Å². The summed E-state index contributed by atoms with van der Waals surface area (Å²) in [6.45, 7) is 5.75. The summed E-state index contributed by atoms with van der Waals surface area (Å²) in [5.74, 6) is -1.07. The highest BCUT2D eigenvalue weighted by Crippen LogP contribution is 2.17. The van der Waals surface area contributed by atoms with Crippen molar-refractivity contribution in [2.45, 2.75) is 39.7 Å². The smallest absolute Gasteiger partial charge is 0.326 e. The fourth-order valence-electron chi connectivity index (χ4n) is 2.17. The number of hydrogen-bond donors (Lipinski definition) is 2. The van der Waals surface area contributed by atoms with Gasteiger partial charge >= 0.3 is 5.97 Å². The maximum Gasteiger partial charge on any atom is 0.326 e. The van der Waals surface area contributed by atoms with E-state index in [0.29, 0.717) is 6.42 Å². The second-order valence-corrected chi connectivity index (χ2v) is 6.36. The number of aromatic nitrogens is 2.